The van der Waals surface area contributed by atoms with E-state index in [0.29, 0.717) is 0 Å². The second kappa shape index (κ2) is 4.09. The first kappa shape index (κ1) is 10.1. The normalized spacial score (nSPS) is 21.4. The first-order chi connectivity index (χ1) is 7.90. The maximum Gasteiger partial charge on any atom is 0.0889 e. The monoisotopic (exact) mass is 220 g/mol. The number of rotatable bonds is 3. The highest BCUT2D eigenvalue weighted by Gasteiger charge is 2.32. The summed E-state index contributed by atoms with van der Waals surface area (Å²) in [7, 11) is 0. The lowest BCUT2D eigenvalue weighted by atomic mass is 10.1. The van der Waals surface area contributed by atoms with E-state index in [9.17, 15) is 0 Å². The Morgan fingerprint density at radius 3 is 2.69 bits per heavy atom. The Balaban J connectivity index is 1.91. The standard InChI is InChI=1S/C12H20N4/c1-2-10-12(16-7-5-13-6-8-16)11(15-14-10)9-3-4-9/h9,13H,2-8H2,1H3,(H,14,15). The summed E-state index contributed by atoms with van der Waals surface area (Å²) < 4.78 is 0. The fourth-order valence-electron chi connectivity index (χ4n) is 2.52. The third kappa shape index (κ3) is 1.71. The summed E-state index contributed by atoms with van der Waals surface area (Å²) in [6.45, 7) is 6.63. The molecule has 0 aromatic carbocycles. The highest BCUT2D eigenvalue weighted by atomic mass is 15.2. The van der Waals surface area contributed by atoms with Gasteiger partial charge in [0.1, 0.15) is 0 Å². The molecule has 3 rings (SSSR count). The molecular formula is C12H20N4. The van der Waals surface area contributed by atoms with Crippen molar-refractivity contribution < 1.29 is 0 Å². The van der Waals surface area contributed by atoms with E-state index in [-0.39, 0.29) is 0 Å². The number of H-pyrrole nitrogens is 1. The molecule has 0 bridgehead atoms. The van der Waals surface area contributed by atoms with Crippen LogP contribution >= 0.6 is 0 Å². The van der Waals surface area contributed by atoms with E-state index in [2.05, 4.69) is 27.3 Å². The van der Waals surface area contributed by atoms with Crippen LogP contribution in [0.15, 0.2) is 0 Å². The average Bonchev–Trinajstić information content (AvgIpc) is 3.09. The second-order valence-electron chi connectivity index (χ2n) is 4.80. The predicted octanol–water partition coefficient (Wildman–Crippen LogP) is 1.26. The summed E-state index contributed by atoms with van der Waals surface area (Å²) in [6.07, 6.45) is 3.71. The predicted molar refractivity (Wildman–Crippen MR) is 65.0 cm³/mol. The van der Waals surface area contributed by atoms with Crippen molar-refractivity contribution in [1.29, 1.82) is 0 Å². The van der Waals surface area contributed by atoms with Crippen molar-refractivity contribution in [2.24, 2.45) is 0 Å². The average molecular weight is 220 g/mol. The summed E-state index contributed by atoms with van der Waals surface area (Å²) in [5.41, 5.74) is 4.08. The molecule has 2 fully saturated rings. The Bertz CT molecular complexity index is 361. The molecule has 0 radical (unpaired) electrons. The molecular weight excluding hydrogens is 200 g/mol. The van der Waals surface area contributed by atoms with Gasteiger partial charge >= 0.3 is 0 Å². The largest absolute Gasteiger partial charge is 0.366 e. The SMILES string of the molecule is CCc1[nH]nc(C2CC2)c1N1CCNCC1. The van der Waals surface area contributed by atoms with E-state index in [4.69, 9.17) is 0 Å². The van der Waals surface area contributed by atoms with E-state index >= 15 is 0 Å². The Kier molecular flexibility index (Phi) is 2.59. The molecule has 1 aromatic rings. The minimum atomic E-state index is 0.737. The molecule has 1 aliphatic heterocycles. The minimum Gasteiger partial charge on any atom is -0.366 e. The zero-order valence-corrected chi connectivity index (χ0v) is 9.92. The Morgan fingerprint density at radius 2 is 2.06 bits per heavy atom. The molecule has 0 spiro atoms. The van der Waals surface area contributed by atoms with Gasteiger partial charge in [-0.15, -0.1) is 0 Å². The lowest BCUT2D eigenvalue weighted by Gasteiger charge is -2.30. The summed E-state index contributed by atoms with van der Waals surface area (Å²) in [6, 6.07) is 0. The number of nitrogens with one attached hydrogen (secondary N) is 2. The molecule has 4 nitrogen and oxygen atoms in total. The second-order valence-corrected chi connectivity index (χ2v) is 4.80. The Labute approximate surface area is 96.4 Å². The molecule has 16 heavy (non-hydrogen) atoms. The number of aromatic amines is 1. The van der Waals surface area contributed by atoms with Gasteiger partial charge in [-0.05, 0) is 19.3 Å². The lowest BCUT2D eigenvalue weighted by Crippen LogP contribution is -2.44. The molecule has 2 heterocycles. The van der Waals surface area contributed by atoms with Crippen molar-refractivity contribution in [3.8, 4) is 0 Å². The van der Waals surface area contributed by atoms with E-state index in [0.717, 1.165) is 38.5 Å². The molecule has 0 atom stereocenters. The topological polar surface area (TPSA) is 44.0 Å². The van der Waals surface area contributed by atoms with Gasteiger partial charge in [0.05, 0.1) is 17.1 Å². The molecule has 2 N–H and O–H groups in total. The number of piperazine rings is 1. The molecule has 1 saturated carbocycles. The van der Waals surface area contributed by atoms with Crippen molar-refractivity contribution in [1.82, 2.24) is 15.5 Å². The van der Waals surface area contributed by atoms with Gasteiger partial charge in [0.25, 0.3) is 0 Å². The molecule has 4 heteroatoms. The van der Waals surface area contributed by atoms with Gasteiger partial charge in [-0.2, -0.15) is 5.10 Å². The summed E-state index contributed by atoms with van der Waals surface area (Å²) in [5.74, 6) is 0.737. The van der Waals surface area contributed by atoms with Crippen molar-refractivity contribution >= 4 is 5.69 Å². The Hall–Kier alpha value is -1.03. The van der Waals surface area contributed by atoms with Crippen molar-refractivity contribution in [2.45, 2.75) is 32.1 Å². The van der Waals surface area contributed by atoms with Crippen LogP contribution in [0.4, 0.5) is 5.69 Å². The van der Waals surface area contributed by atoms with Gasteiger partial charge in [0, 0.05) is 32.1 Å². The first-order valence-corrected chi connectivity index (χ1v) is 6.43. The molecule has 88 valence electrons. The molecule has 1 aromatic heterocycles. The van der Waals surface area contributed by atoms with Crippen LogP contribution in [-0.2, 0) is 6.42 Å². The van der Waals surface area contributed by atoms with Crippen LogP contribution < -0.4 is 10.2 Å². The summed E-state index contributed by atoms with van der Waals surface area (Å²) >= 11 is 0. The van der Waals surface area contributed by atoms with Crippen LogP contribution in [0, 0.1) is 0 Å². The van der Waals surface area contributed by atoms with Crippen LogP contribution in [0.1, 0.15) is 37.1 Å². The van der Waals surface area contributed by atoms with Crippen LogP contribution in [-0.4, -0.2) is 36.4 Å². The van der Waals surface area contributed by atoms with Gasteiger partial charge in [0.15, 0.2) is 0 Å². The van der Waals surface area contributed by atoms with Crippen LogP contribution in [0.25, 0.3) is 0 Å². The summed E-state index contributed by atoms with van der Waals surface area (Å²) in [4.78, 5) is 2.51. The highest BCUT2D eigenvalue weighted by Crippen LogP contribution is 2.44. The van der Waals surface area contributed by atoms with Crippen LogP contribution in [0.3, 0.4) is 0 Å². The van der Waals surface area contributed by atoms with Gasteiger partial charge in [-0.25, -0.2) is 0 Å². The molecule has 2 aliphatic rings. The number of hydrogen-bond donors (Lipinski definition) is 2. The number of aryl methyl sites for hydroxylation is 1. The van der Waals surface area contributed by atoms with E-state index in [1.54, 1.807) is 0 Å². The third-order valence-electron chi connectivity index (χ3n) is 3.59. The number of aromatic nitrogens is 2. The number of hydrogen-bond acceptors (Lipinski definition) is 3. The van der Waals surface area contributed by atoms with Gasteiger partial charge in [0.2, 0.25) is 0 Å². The Morgan fingerprint density at radius 1 is 1.31 bits per heavy atom. The quantitative estimate of drug-likeness (QED) is 0.806. The molecule has 1 saturated heterocycles. The first-order valence-electron chi connectivity index (χ1n) is 6.43. The third-order valence-corrected chi connectivity index (χ3v) is 3.59. The fourth-order valence-corrected chi connectivity index (χ4v) is 2.52. The lowest BCUT2D eigenvalue weighted by molar-refractivity contribution is 0.586. The number of nitrogens with zero attached hydrogens (tertiary/aromatic N) is 2. The maximum atomic E-state index is 4.54. The zero-order chi connectivity index (χ0) is 11.0. The maximum absolute atomic E-state index is 4.54. The van der Waals surface area contributed by atoms with Crippen LogP contribution in [0.2, 0.25) is 0 Å². The van der Waals surface area contributed by atoms with Crippen molar-refractivity contribution in [3.63, 3.8) is 0 Å². The van der Waals surface area contributed by atoms with Gasteiger partial charge in [-0.1, -0.05) is 6.92 Å². The molecule has 0 amide bonds. The van der Waals surface area contributed by atoms with Crippen LogP contribution in [0.5, 0.6) is 0 Å². The van der Waals surface area contributed by atoms with E-state index < -0.39 is 0 Å². The molecule has 0 unspecified atom stereocenters. The van der Waals surface area contributed by atoms with E-state index in [1.165, 1.54) is 29.9 Å². The van der Waals surface area contributed by atoms with Crippen molar-refractivity contribution in [3.05, 3.63) is 11.4 Å². The van der Waals surface area contributed by atoms with Gasteiger partial charge in [-0.3, -0.25) is 5.10 Å². The van der Waals surface area contributed by atoms with Crippen molar-refractivity contribution in [2.75, 3.05) is 31.1 Å². The molecule has 1 aliphatic carbocycles. The highest BCUT2D eigenvalue weighted by molar-refractivity contribution is 5.57. The number of anilines is 1. The fraction of sp³-hybridized carbons (Fsp3) is 0.750. The van der Waals surface area contributed by atoms with E-state index in [1.807, 2.05) is 0 Å². The van der Waals surface area contributed by atoms with Gasteiger partial charge < -0.3 is 10.2 Å². The smallest absolute Gasteiger partial charge is 0.0889 e. The zero-order valence-electron chi connectivity index (χ0n) is 9.92. The summed E-state index contributed by atoms with van der Waals surface area (Å²) in [5, 5.41) is 11.2. The minimum absolute atomic E-state index is 0.737.